The molecule has 2 aliphatic heterocycles. The van der Waals surface area contributed by atoms with Crippen molar-refractivity contribution in [3.63, 3.8) is 0 Å². The summed E-state index contributed by atoms with van der Waals surface area (Å²) in [4.78, 5) is 26.4. The van der Waals surface area contributed by atoms with Gasteiger partial charge in [0.25, 0.3) is 0 Å². The number of nitrogens with zero attached hydrogens (tertiary/aromatic N) is 9. The van der Waals surface area contributed by atoms with Gasteiger partial charge in [0.05, 0.1) is 0 Å². The monoisotopic (exact) mass is 815 g/mol. The van der Waals surface area contributed by atoms with Crippen molar-refractivity contribution < 1.29 is 22.3 Å². The zero-order valence-corrected chi connectivity index (χ0v) is 33.7. The van der Waals surface area contributed by atoms with Crippen LogP contribution in [0.25, 0.3) is 5.69 Å². The Labute approximate surface area is 338 Å². The number of fused-ring (bicyclic) bond motifs is 2. The molecule has 5 heterocycles. The average molecular weight is 816 g/mol. The van der Waals surface area contributed by atoms with Crippen LogP contribution in [0, 0.1) is 18.6 Å². The number of alkyl halides is 2. The molecule has 12 nitrogen and oxygen atoms in total. The highest BCUT2D eigenvalue weighted by atomic mass is 35.5. The van der Waals surface area contributed by atoms with Crippen molar-refractivity contribution in [2.24, 2.45) is 0 Å². The molecule has 3 aromatic heterocycles. The maximum atomic E-state index is 13.6. The number of nitrogens with one attached hydrogen (secondary N) is 2. The van der Waals surface area contributed by atoms with Gasteiger partial charge in [-0.1, -0.05) is 33.8 Å². The number of rotatable bonds is 9. The van der Waals surface area contributed by atoms with Gasteiger partial charge in [0, 0.05) is 66.9 Å². The van der Waals surface area contributed by atoms with Crippen LogP contribution in [0.1, 0.15) is 56.0 Å². The fourth-order valence-electron chi connectivity index (χ4n) is 7.45. The van der Waals surface area contributed by atoms with E-state index in [0.717, 1.165) is 46.5 Å². The van der Waals surface area contributed by atoms with Crippen molar-refractivity contribution >= 4 is 46.2 Å². The van der Waals surface area contributed by atoms with Gasteiger partial charge in [0.1, 0.15) is 58.6 Å². The summed E-state index contributed by atoms with van der Waals surface area (Å²) in [6, 6.07) is 17.7. The third-order valence-corrected chi connectivity index (χ3v) is 10.1. The Morgan fingerprint density at radius 3 is 1.79 bits per heavy atom. The largest absolute Gasteiger partial charge is 0.433 e. The summed E-state index contributed by atoms with van der Waals surface area (Å²) >= 11 is 6.03. The van der Waals surface area contributed by atoms with Crippen LogP contribution in [-0.2, 0) is 17.3 Å². The minimum Gasteiger partial charge on any atom is -0.433 e. The second-order valence-corrected chi connectivity index (χ2v) is 15.6. The SMILES string of the molecule is CNc1nc(Cc2ccc(-n3cnc(C)n3)c(OC(F)F)c2)nc2c1C(C)(C)CN2c1ccc(F)cc1.CNc1nc(Cl)nc2c1C(C)(C)CN2c1ccc(F)cc1. The number of anilines is 6. The summed E-state index contributed by atoms with van der Waals surface area (Å²) in [6.07, 6.45) is 1.72. The standard InChI is InChI=1S/C26H26F3N7O.C15H16ClFN4/c1-15-31-14-36(34-15)19-10-5-16(11-20(19)37-25(28)29)12-21-32-23(30-4)22-24(33-21)35(13-26(22,2)3)18-8-6-17(27)7-9-18;1-15(2)8-21(10-6-4-9(17)5-7-10)13-11(15)12(18-3)19-14(16)20-13/h5-11,14,25H,12-13H2,1-4H3,(H,30,32,33);4-7H,8H2,1-3H3,(H,18,19,20). The molecule has 0 unspecified atom stereocenters. The van der Waals surface area contributed by atoms with Crippen LogP contribution in [0.5, 0.6) is 5.75 Å². The van der Waals surface area contributed by atoms with Gasteiger partial charge >= 0.3 is 6.61 Å². The molecule has 17 heteroatoms. The first kappa shape index (κ1) is 40.2. The third kappa shape index (κ3) is 8.05. The van der Waals surface area contributed by atoms with E-state index in [9.17, 15) is 17.6 Å². The molecule has 0 amide bonds. The van der Waals surface area contributed by atoms with E-state index in [1.165, 1.54) is 41.3 Å². The number of aromatic nitrogens is 7. The van der Waals surface area contributed by atoms with Crippen molar-refractivity contribution in [2.45, 2.75) is 58.5 Å². The number of aryl methyl sites for hydroxylation is 1. The van der Waals surface area contributed by atoms with E-state index in [0.29, 0.717) is 35.3 Å². The summed E-state index contributed by atoms with van der Waals surface area (Å²) in [5, 5.41) is 10.7. The van der Waals surface area contributed by atoms with E-state index in [4.69, 9.17) is 26.3 Å². The summed E-state index contributed by atoms with van der Waals surface area (Å²) < 4.78 is 59.3. The number of hydrogen-bond acceptors (Lipinski definition) is 11. The van der Waals surface area contributed by atoms with Crippen LogP contribution in [0.3, 0.4) is 0 Å². The van der Waals surface area contributed by atoms with Crippen molar-refractivity contribution in [2.75, 3.05) is 47.6 Å². The molecular formula is C41H42ClF4N11O. The molecule has 3 aromatic carbocycles. The fraction of sp³-hybridized carbons (Fsp3) is 0.317. The zero-order valence-electron chi connectivity index (χ0n) is 32.9. The lowest BCUT2D eigenvalue weighted by molar-refractivity contribution is -0.0499. The molecule has 0 spiro atoms. The quantitative estimate of drug-likeness (QED) is 0.108. The minimum absolute atomic E-state index is 0.0264. The predicted molar refractivity (Wildman–Crippen MR) is 217 cm³/mol. The van der Waals surface area contributed by atoms with Crippen molar-refractivity contribution in [1.82, 2.24) is 34.7 Å². The first-order valence-electron chi connectivity index (χ1n) is 18.4. The second kappa shape index (κ2) is 15.7. The van der Waals surface area contributed by atoms with E-state index in [2.05, 4.69) is 58.4 Å². The lowest BCUT2D eigenvalue weighted by Crippen LogP contribution is -2.25. The molecule has 2 aliphatic rings. The molecular weight excluding hydrogens is 774 g/mol. The number of halogens is 5. The molecule has 2 N–H and O–H groups in total. The van der Waals surface area contributed by atoms with Crippen LogP contribution in [-0.4, -0.2) is 68.5 Å². The van der Waals surface area contributed by atoms with Crippen LogP contribution >= 0.6 is 11.6 Å². The Morgan fingerprint density at radius 2 is 1.29 bits per heavy atom. The Bertz CT molecular complexity index is 2440. The lowest BCUT2D eigenvalue weighted by Gasteiger charge is -2.21. The molecule has 0 aliphatic carbocycles. The Balaban J connectivity index is 0.000000206. The van der Waals surface area contributed by atoms with Gasteiger partial charge in [0.15, 0.2) is 5.75 Å². The van der Waals surface area contributed by atoms with E-state index in [1.54, 1.807) is 50.4 Å². The minimum atomic E-state index is -3.00. The summed E-state index contributed by atoms with van der Waals surface area (Å²) in [5.41, 5.74) is 4.33. The smallest absolute Gasteiger partial charge is 0.387 e. The molecule has 8 rings (SSSR count). The lowest BCUT2D eigenvalue weighted by atomic mass is 9.88. The number of hydrogen-bond donors (Lipinski definition) is 2. The highest BCUT2D eigenvalue weighted by Crippen LogP contribution is 2.47. The van der Waals surface area contributed by atoms with E-state index < -0.39 is 6.61 Å². The third-order valence-electron chi connectivity index (χ3n) is 9.98. The van der Waals surface area contributed by atoms with Gasteiger partial charge in [-0.2, -0.15) is 18.9 Å². The van der Waals surface area contributed by atoms with Crippen LogP contribution < -0.4 is 25.2 Å². The molecule has 0 saturated carbocycles. The Kier molecular flexibility index (Phi) is 10.9. The van der Waals surface area contributed by atoms with E-state index in [-0.39, 0.29) is 39.9 Å². The van der Waals surface area contributed by atoms with Gasteiger partial charge in [-0.15, -0.1) is 0 Å². The second-order valence-electron chi connectivity index (χ2n) is 15.2. The first-order chi connectivity index (χ1) is 27.6. The average Bonchev–Trinajstić information content (AvgIpc) is 3.81. The van der Waals surface area contributed by atoms with Crippen molar-refractivity contribution in [1.29, 1.82) is 0 Å². The molecule has 58 heavy (non-hydrogen) atoms. The fourth-order valence-corrected chi connectivity index (χ4v) is 7.62. The Hall–Kier alpha value is -6.03. The van der Waals surface area contributed by atoms with Crippen LogP contribution in [0.15, 0.2) is 73.1 Å². The topological polar surface area (TPSA) is 122 Å². The molecule has 0 atom stereocenters. The van der Waals surface area contributed by atoms with Gasteiger partial charge in [-0.05, 0) is 84.8 Å². The predicted octanol–water partition coefficient (Wildman–Crippen LogP) is 8.91. The van der Waals surface area contributed by atoms with Gasteiger partial charge < -0.3 is 25.2 Å². The first-order valence-corrected chi connectivity index (χ1v) is 18.8. The zero-order chi connectivity index (χ0) is 41.5. The highest BCUT2D eigenvalue weighted by Gasteiger charge is 2.41. The molecule has 0 fully saturated rings. The maximum Gasteiger partial charge on any atom is 0.387 e. The number of benzene rings is 3. The Morgan fingerprint density at radius 1 is 0.759 bits per heavy atom. The van der Waals surface area contributed by atoms with Crippen molar-refractivity contribution in [3.05, 3.63) is 118 Å². The van der Waals surface area contributed by atoms with Gasteiger partial charge in [-0.3, -0.25) is 0 Å². The molecule has 0 radical (unpaired) electrons. The van der Waals surface area contributed by atoms with Crippen molar-refractivity contribution in [3.8, 4) is 11.4 Å². The van der Waals surface area contributed by atoms with Crippen LogP contribution in [0.2, 0.25) is 5.28 Å². The molecule has 302 valence electrons. The normalized spacial score (nSPS) is 14.8. The van der Waals surface area contributed by atoms with Gasteiger partial charge in [0.2, 0.25) is 5.28 Å². The summed E-state index contributed by atoms with van der Waals surface area (Å²) in [7, 11) is 3.61. The summed E-state index contributed by atoms with van der Waals surface area (Å²) in [6.45, 7) is 8.56. The molecule has 0 saturated heterocycles. The summed E-state index contributed by atoms with van der Waals surface area (Å²) in [5.74, 6) is 3.34. The van der Waals surface area contributed by atoms with Gasteiger partial charge in [-0.25, -0.2) is 33.4 Å². The van der Waals surface area contributed by atoms with E-state index in [1.807, 2.05) is 16.8 Å². The van der Waals surface area contributed by atoms with E-state index >= 15 is 0 Å². The van der Waals surface area contributed by atoms with Crippen LogP contribution in [0.4, 0.5) is 52.2 Å². The molecule has 0 bridgehead atoms. The molecule has 6 aromatic rings. The number of ether oxygens (including phenoxy) is 1. The maximum absolute atomic E-state index is 13.6. The highest BCUT2D eigenvalue weighted by molar-refractivity contribution is 6.28.